The minimum atomic E-state index is -0.000288. The fraction of sp³-hybridized carbons (Fsp3) is 0.111. The molecule has 1 N–H and O–H groups in total. The van der Waals surface area contributed by atoms with Crippen molar-refractivity contribution in [3.8, 4) is 11.6 Å². The summed E-state index contributed by atoms with van der Waals surface area (Å²) in [4.78, 5) is 4.65. The minimum Gasteiger partial charge on any atom is -0.497 e. The van der Waals surface area contributed by atoms with Crippen LogP contribution in [0.25, 0.3) is 21.8 Å². The summed E-state index contributed by atoms with van der Waals surface area (Å²) in [6.07, 6.45) is 0. The van der Waals surface area contributed by atoms with Crippen LogP contribution in [-0.2, 0) is 6.54 Å². The van der Waals surface area contributed by atoms with Gasteiger partial charge >= 0.3 is 0 Å². The molecule has 114 valence electrons. The van der Waals surface area contributed by atoms with Gasteiger partial charge in [0.25, 0.3) is 0 Å². The summed E-state index contributed by atoms with van der Waals surface area (Å²) in [6.45, 7) is 0.494. The zero-order valence-electron chi connectivity index (χ0n) is 12.6. The fourth-order valence-corrected chi connectivity index (χ4v) is 2.74. The summed E-state index contributed by atoms with van der Waals surface area (Å²) in [5, 5.41) is 16.0. The zero-order valence-corrected chi connectivity index (χ0v) is 12.6. The van der Waals surface area contributed by atoms with Crippen LogP contribution >= 0.6 is 0 Å². The highest BCUT2D eigenvalue weighted by molar-refractivity contribution is 5.85. The third kappa shape index (κ3) is 2.36. The highest BCUT2D eigenvalue weighted by Crippen LogP contribution is 2.28. The van der Waals surface area contributed by atoms with E-state index in [4.69, 9.17) is 4.74 Å². The summed E-state index contributed by atoms with van der Waals surface area (Å²) in [6, 6.07) is 17.5. The number of nitrogens with zero attached hydrogens (tertiary/aromatic N) is 3. The van der Waals surface area contributed by atoms with Crippen molar-refractivity contribution >= 4 is 21.8 Å². The molecule has 2 aromatic carbocycles. The lowest BCUT2D eigenvalue weighted by atomic mass is 10.2. The second-order valence-corrected chi connectivity index (χ2v) is 5.36. The maximum atomic E-state index is 10.1. The number of hydrogen-bond acceptors (Lipinski definition) is 4. The Morgan fingerprint density at radius 3 is 2.83 bits per heavy atom. The first-order valence-corrected chi connectivity index (χ1v) is 7.33. The molecule has 5 heteroatoms. The smallest absolute Gasteiger partial charge is 0.238 e. The monoisotopic (exact) mass is 305 g/mol. The number of aromatic hydroxyl groups is 1. The molecular formula is C18H15N3O2. The van der Waals surface area contributed by atoms with Crippen molar-refractivity contribution in [1.82, 2.24) is 14.8 Å². The number of methoxy groups -OCH3 is 1. The highest BCUT2D eigenvalue weighted by Gasteiger charge is 2.11. The predicted octanol–water partition coefficient (Wildman–Crippen LogP) is 3.35. The van der Waals surface area contributed by atoms with Gasteiger partial charge in [0.2, 0.25) is 5.88 Å². The number of pyridine rings is 1. The summed E-state index contributed by atoms with van der Waals surface area (Å²) in [7, 11) is 1.60. The molecule has 0 spiro atoms. The average molecular weight is 305 g/mol. The number of rotatable bonds is 3. The van der Waals surface area contributed by atoms with E-state index in [0.717, 1.165) is 22.1 Å². The van der Waals surface area contributed by atoms with Crippen LogP contribution in [0.5, 0.6) is 11.6 Å². The van der Waals surface area contributed by atoms with Gasteiger partial charge < -0.3 is 9.84 Å². The lowest BCUT2D eigenvalue weighted by Gasteiger charge is -2.05. The topological polar surface area (TPSA) is 60.2 Å². The van der Waals surface area contributed by atoms with Crippen molar-refractivity contribution in [1.29, 1.82) is 0 Å². The molecule has 0 fully saturated rings. The molecule has 0 bridgehead atoms. The first-order valence-electron chi connectivity index (χ1n) is 7.33. The van der Waals surface area contributed by atoms with Gasteiger partial charge in [-0.2, -0.15) is 0 Å². The van der Waals surface area contributed by atoms with Crippen LogP contribution in [-0.4, -0.2) is 27.0 Å². The predicted molar refractivity (Wildman–Crippen MR) is 88.8 cm³/mol. The summed E-state index contributed by atoms with van der Waals surface area (Å²) in [5.74, 6) is 0.691. The van der Waals surface area contributed by atoms with Gasteiger partial charge in [0.05, 0.1) is 35.8 Å². The molecule has 0 unspecified atom stereocenters. The summed E-state index contributed by atoms with van der Waals surface area (Å²) in [5.41, 5.74) is 2.69. The molecule has 2 heterocycles. The molecule has 4 aromatic rings. The number of ether oxygens (including phenoxy) is 1. The largest absolute Gasteiger partial charge is 0.497 e. The van der Waals surface area contributed by atoms with E-state index in [1.54, 1.807) is 17.9 Å². The Bertz CT molecular complexity index is 1010. The molecular weight excluding hydrogens is 290 g/mol. The number of fused-ring (bicyclic) bond motifs is 2. The molecule has 0 aliphatic rings. The molecule has 5 nitrogen and oxygen atoms in total. The number of para-hydroxylation sites is 1. The molecule has 2 aromatic heterocycles. The van der Waals surface area contributed by atoms with Crippen LogP contribution in [0.15, 0.2) is 54.6 Å². The van der Waals surface area contributed by atoms with Crippen molar-refractivity contribution in [3.63, 3.8) is 0 Å². The third-order valence-electron chi connectivity index (χ3n) is 3.91. The van der Waals surface area contributed by atoms with Crippen molar-refractivity contribution in [2.75, 3.05) is 7.11 Å². The second-order valence-electron chi connectivity index (χ2n) is 5.36. The zero-order chi connectivity index (χ0) is 15.8. The van der Waals surface area contributed by atoms with Gasteiger partial charge in [-0.25, -0.2) is 0 Å². The van der Waals surface area contributed by atoms with E-state index in [1.165, 1.54) is 0 Å². The van der Waals surface area contributed by atoms with Gasteiger partial charge in [0.1, 0.15) is 5.75 Å². The number of hydrogen-bond donors (Lipinski definition) is 1. The lowest BCUT2D eigenvalue weighted by molar-refractivity contribution is 0.415. The Balaban J connectivity index is 1.76. The van der Waals surface area contributed by atoms with Crippen LogP contribution in [0, 0.1) is 0 Å². The van der Waals surface area contributed by atoms with E-state index in [-0.39, 0.29) is 5.88 Å². The van der Waals surface area contributed by atoms with Gasteiger partial charge in [-0.05, 0) is 30.3 Å². The van der Waals surface area contributed by atoms with Crippen LogP contribution in [0.2, 0.25) is 0 Å². The van der Waals surface area contributed by atoms with E-state index >= 15 is 0 Å². The van der Waals surface area contributed by atoms with Crippen LogP contribution in [0.1, 0.15) is 5.69 Å². The Morgan fingerprint density at radius 1 is 1.09 bits per heavy atom. The molecule has 0 amide bonds. The molecule has 0 aliphatic heterocycles. The van der Waals surface area contributed by atoms with E-state index < -0.39 is 0 Å². The van der Waals surface area contributed by atoms with Gasteiger partial charge in [-0.15, -0.1) is 5.10 Å². The maximum Gasteiger partial charge on any atom is 0.238 e. The first kappa shape index (κ1) is 13.6. The quantitative estimate of drug-likeness (QED) is 0.630. The number of benzene rings is 2. The molecule has 0 saturated carbocycles. The fourth-order valence-electron chi connectivity index (χ4n) is 2.74. The van der Waals surface area contributed by atoms with Gasteiger partial charge in [0, 0.05) is 5.39 Å². The highest BCUT2D eigenvalue weighted by atomic mass is 16.5. The lowest BCUT2D eigenvalue weighted by Crippen LogP contribution is -2.03. The summed E-state index contributed by atoms with van der Waals surface area (Å²) >= 11 is 0. The van der Waals surface area contributed by atoms with Crippen LogP contribution < -0.4 is 4.74 Å². The molecule has 4 rings (SSSR count). The number of aromatic nitrogens is 3. The average Bonchev–Trinajstić information content (AvgIpc) is 2.90. The van der Waals surface area contributed by atoms with Gasteiger partial charge in [-0.3, -0.25) is 9.67 Å². The molecule has 0 saturated heterocycles. The molecule has 23 heavy (non-hydrogen) atoms. The molecule has 0 atom stereocenters. The minimum absolute atomic E-state index is 0.000288. The van der Waals surface area contributed by atoms with Crippen molar-refractivity contribution in [3.05, 3.63) is 60.3 Å². The van der Waals surface area contributed by atoms with E-state index in [0.29, 0.717) is 17.7 Å². The van der Waals surface area contributed by atoms with Crippen LogP contribution in [0.4, 0.5) is 0 Å². The Labute approximate surface area is 132 Å². The van der Waals surface area contributed by atoms with Crippen molar-refractivity contribution in [2.24, 2.45) is 0 Å². The van der Waals surface area contributed by atoms with E-state index in [1.807, 2.05) is 48.5 Å². The Hall–Kier alpha value is -3.08. The normalized spacial score (nSPS) is 11.2. The van der Waals surface area contributed by atoms with E-state index in [9.17, 15) is 5.11 Å². The first-order chi connectivity index (χ1) is 11.2. The van der Waals surface area contributed by atoms with Crippen LogP contribution in [0.3, 0.4) is 0 Å². The molecule has 0 aliphatic carbocycles. The Morgan fingerprint density at radius 2 is 1.96 bits per heavy atom. The molecule has 0 radical (unpaired) electrons. The second kappa shape index (κ2) is 5.28. The Kier molecular flexibility index (Phi) is 3.12. The van der Waals surface area contributed by atoms with Crippen molar-refractivity contribution < 1.29 is 9.84 Å². The van der Waals surface area contributed by atoms with Crippen molar-refractivity contribution in [2.45, 2.75) is 6.54 Å². The van der Waals surface area contributed by atoms with E-state index in [2.05, 4.69) is 10.1 Å². The van der Waals surface area contributed by atoms with Gasteiger partial charge in [-0.1, -0.05) is 24.3 Å². The van der Waals surface area contributed by atoms with Gasteiger partial charge in [0.15, 0.2) is 0 Å². The standard InChI is InChI=1S/C18H15N3O2/c1-23-14-8-9-17-15(10-14)18(22)20-21(17)11-13-7-6-12-4-2-3-5-16(12)19-13/h2-10H,11H2,1H3,(H,20,22). The third-order valence-corrected chi connectivity index (χ3v) is 3.91. The SMILES string of the molecule is COc1ccc2c(c1)c(O)nn2Cc1ccc2ccccc2n1. The summed E-state index contributed by atoms with van der Waals surface area (Å²) < 4.78 is 6.94. The maximum absolute atomic E-state index is 10.1.